The molecule has 3 aromatic rings. The molecule has 1 N–H and O–H groups in total. The molecular formula is C27H33N3O3. The highest BCUT2D eigenvalue weighted by molar-refractivity contribution is 5.95. The molecule has 1 fully saturated rings. The van der Waals surface area contributed by atoms with E-state index in [1.807, 2.05) is 36.4 Å². The molecule has 2 aromatic carbocycles. The van der Waals surface area contributed by atoms with Crippen LogP contribution in [-0.4, -0.2) is 25.4 Å². The molecule has 4 rings (SSSR count). The SMILES string of the molecule is CCCc1nn(CCC2CCCCC2)c(=O)n1Cc1ccc(-c2ccccc2C(=O)O)cc1. The van der Waals surface area contributed by atoms with Gasteiger partial charge in [0.1, 0.15) is 5.82 Å². The number of carbonyl (C=O) groups is 1. The summed E-state index contributed by atoms with van der Waals surface area (Å²) in [5.41, 5.74) is 2.79. The highest BCUT2D eigenvalue weighted by Gasteiger charge is 2.17. The molecule has 0 saturated heterocycles. The van der Waals surface area contributed by atoms with Gasteiger partial charge in [-0.3, -0.25) is 4.57 Å². The van der Waals surface area contributed by atoms with Crippen LogP contribution < -0.4 is 5.69 Å². The van der Waals surface area contributed by atoms with E-state index in [-0.39, 0.29) is 11.3 Å². The minimum atomic E-state index is -0.939. The van der Waals surface area contributed by atoms with Crippen LogP contribution in [0.15, 0.2) is 53.3 Å². The van der Waals surface area contributed by atoms with Crippen molar-refractivity contribution in [1.82, 2.24) is 14.3 Å². The van der Waals surface area contributed by atoms with Crippen molar-refractivity contribution < 1.29 is 9.90 Å². The van der Waals surface area contributed by atoms with Crippen molar-refractivity contribution in [2.45, 2.75) is 71.4 Å². The van der Waals surface area contributed by atoms with E-state index in [9.17, 15) is 14.7 Å². The number of rotatable bonds is 9. The second-order valence-corrected chi connectivity index (χ2v) is 9.10. The van der Waals surface area contributed by atoms with Crippen molar-refractivity contribution >= 4 is 5.97 Å². The normalized spacial score (nSPS) is 14.5. The molecule has 0 aliphatic heterocycles. The van der Waals surface area contributed by atoms with Gasteiger partial charge in [0.25, 0.3) is 0 Å². The van der Waals surface area contributed by atoms with Crippen LogP contribution in [0.3, 0.4) is 0 Å². The summed E-state index contributed by atoms with van der Waals surface area (Å²) < 4.78 is 3.46. The zero-order chi connectivity index (χ0) is 23.2. The van der Waals surface area contributed by atoms with E-state index in [2.05, 4.69) is 12.0 Å². The predicted molar refractivity (Wildman–Crippen MR) is 130 cm³/mol. The van der Waals surface area contributed by atoms with Crippen molar-refractivity contribution in [1.29, 1.82) is 0 Å². The largest absolute Gasteiger partial charge is 0.478 e. The molecule has 1 aliphatic rings. The van der Waals surface area contributed by atoms with E-state index < -0.39 is 5.97 Å². The van der Waals surface area contributed by atoms with Crippen LogP contribution in [0.2, 0.25) is 0 Å². The second-order valence-electron chi connectivity index (χ2n) is 9.10. The maximum atomic E-state index is 13.1. The monoisotopic (exact) mass is 447 g/mol. The lowest BCUT2D eigenvalue weighted by Gasteiger charge is -2.20. The van der Waals surface area contributed by atoms with E-state index >= 15 is 0 Å². The van der Waals surface area contributed by atoms with Crippen LogP contribution in [-0.2, 0) is 19.5 Å². The van der Waals surface area contributed by atoms with Crippen LogP contribution in [0.25, 0.3) is 11.1 Å². The van der Waals surface area contributed by atoms with E-state index in [0.717, 1.165) is 36.2 Å². The van der Waals surface area contributed by atoms with Crippen LogP contribution in [0.1, 0.15) is 73.6 Å². The molecule has 6 heteroatoms. The number of aryl methyl sites for hydroxylation is 2. The summed E-state index contributed by atoms with van der Waals surface area (Å²) in [6.45, 7) is 3.27. The summed E-state index contributed by atoms with van der Waals surface area (Å²) in [7, 11) is 0. The smallest absolute Gasteiger partial charge is 0.346 e. The summed E-state index contributed by atoms with van der Waals surface area (Å²) in [6.07, 6.45) is 9.24. The molecule has 1 aliphatic carbocycles. The van der Waals surface area contributed by atoms with Crippen LogP contribution in [0.5, 0.6) is 0 Å². The topological polar surface area (TPSA) is 77.1 Å². The fourth-order valence-electron chi connectivity index (χ4n) is 4.87. The first-order chi connectivity index (χ1) is 16.1. The maximum absolute atomic E-state index is 13.1. The van der Waals surface area contributed by atoms with Crippen LogP contribution in [0.4, 0.5) is 0 Å². The van der Waals surface area contributed by atoms with Crippen LogP contribution >= 0.6 is 0 Å². The average Bonchev–Trinajstić information content (AvgIpc) is 3.13. The summed E-state index contributed by atoms with van der Waals surface area (Å²) in [5.74, 6) is 0.615. The Morgan fingerprint density at radius 1 is 1.06 bits per heavy atom. The van der Waals surface area contributed by atoms with Crippen molar-refractivity contribution in [3.05, 3.63) is 76.0 Å². The zero-order valence-electron chi connectivity index (χ0n) is 19.4. The molecule has 1 aromatic heterocycles. The minimum absolute atomic E-state index is 0.0328. The van der Waals surface area contributed by atoms with Gasteiger partial charge in [-0.05, 0) is 41.5 Å². The third kappa shape index (κ3) is 5.44. The maximum Gasteiger partial charge on any atom is 0.346 e. The van der Waals surface area contributed by atoms with Gasteiger partial charge in [0.15, 0.2) is 0 Å². The lowest BCUT2D eigenvalue weighted by Crippen LogP contribution is -2.27. The molecular weight excluding hydrogens is 414 g/mol. The molecule has 6 nitrogen and oxygen atoms in total. The number of benzene rings is 2. The number of carboxylic acid groups (broad SMARTS) is 1. The van der Waals surface area contributed by atoms with Gasteiger partial charge in [-0.2, -0.15) is 5.10 Å². The Labute approximate surface area is 194 Å². The second kappa shape index (κ2) is 10.6. The number of aromatic carboxylic acids is 1. The molecule has 174 valence electrons. The molecule has 0 spiro atoms. The Balaban J connectivity index is 1.52. The Bertz CT molecular complexity index is 1140. The molecule has 1 heterocycles. The first kappa shape index (κ1) is 23.0. The van der Waals surface area contributed by atoms with Crippen LogP contribution in [0, 0.1) is 5.92 Å². The lowest BCUT2D eigenvalue weighted by molar-refractivity contribution is 0.0697. The van der Waals surface area contributed by atoms with Gasteiger partial charge < -0.3 is 5.11 Å². The van der Waals surface area contributed by atoms with Gasteiger partial charge in [0, 0.05) is 13.0 Å². The van der Waals surface area contributed by atoms with E-state index in [1.165, 1.54) is 32.1 Å². The van der Waals surface area contributed by atoms with E-state index in [1.54, 1.807) is 21.4 Å². The summed E-state index contributed by atoms with van der Waals surface area (Å²) in [5, 5.41) is 14.1. The highest BCUT2D eigenvalue weighted by atomic mass is 16.4. The third-order valence-electron chi connectivity index (χ3n) is 6.71. The van der Waals surface area contributed by atoms with Gasteiger partial charge in [-0.25, -0.2) is 14.3 Å². The number of hydrogen-bond donors (Lipinski definition) is 1. The predicted octanol–water partition coefficient (Wildman–Crippen LogP) is 5.38. The number of nitrogens with zero attached hydrogens (tertiary/aromatic N) is 3. The first-order valence-electron chi connectivity index (χ1n) is 12.1. The Hall–Kier alpha value is -3.15. The highest BCUT2D eigenvalue weighted by Crippen LogP contribution is 2.27. The Morgan fingerprint density at radius 3 is 2.48 bits per heavy atom. The van der Waals surface area contributed by atoms with Crippen molar-refractivity contribution in [2.24, 2.45) is 5.92 Å². The number of hydrogen-bond acceptors (Lipinski definition) is 3. The van der Waals surface area contributed by atoms with Crippen molar-refractivity contribution in [3.63, 3.8) is 0 Å². The standard InChI is InChI=1S/C27H33N3O3/c1-2-8-25-28-30(18-17-20-9-4-3-5-10-20)27(33)29(25)19-21-13-15-22(16-14-21)23-11-6-7-12-24(23)26(31)32/h6-7,11-16,20H,2-5,8-10,17-19H2,1H3,(H,31,32). The minimum Gasteiger partial charge on any atom is -0.478 e. The lowest BCUT2D eigenvalue weighted by atomic mass is 9.87. The molecule has 0 radical (unpaired) electrons. The Kier molecular flexibility index (Phi) is 7.43. The average molecular weight is 448 g/mol. The van der Waals surface area contributed by atoms with Gasteiger partial charge in [-0.1, -0.05) is 81.5 Å². The van der Waals surface area contributed by atoms with E-state index in [4.69, 9.17) is 0 Å². The third-order valence-corrected chi connectivity index (χ3v) is 6.71. The van der Waals surface area contributed by atoms with Gasteiger partial charge in [0.05, 0.1) is 12.1 Å². The molecule has 0 unspecified atom stereocenters. The quantitative estimate of drug-likeness (QED) is 0.478. The van der Waals surface area contributed by atoms with Crippen molar-refractivity contribution in [3.8, 4) is 11.1 Å². The first-order valence-corrected chi connectivity index (χ1v) is 12.1. The molecule has 0 amide bonds. The van der Waals surface area contributed by atoms with Gasteiger partial charge in [-0.15, -0.1) is 0 Å². The number of carboxylic acids is 1. The summed E-state index contributed by atoms with van der Waals surface area (Å²) in [4.78, 5) is 24.7. The van der Waals surface area contributed by atoms with Crippen molar-refractivity contribution in [2.75, 3.05) is 0 Å². The molecule has 0 bridgehead atoms. The molecule has 0 atom stereocenters. The Morgan fingerprint density at radius 2 is 1.79 bits per heavy atom. The summed E-state index contributed by atoms with van der Waals surface area (Å²) in [6, 6.07) is 14.8. The van der Waals surface area contributed by atoms with Gasteiger partial charge >= 0.3 is 11.7 Å². The zero-order valence-corrected chi connectivity index (χ0v) is 19.4. The van der Waals surface area contributed by atoms with E-state index in [0.29, 0.717) is 24.6 Å². The van der Waals surface area contributed by atoms with Gasteiger partial charge in [0.2, 0.25) is 0 Å². The molecule has 1 saturated carbocycles. The fourth-order valence-corrected chi connectivity index (χ4v) is 4.87. The number of aromatic nitrogens is 3. The molecule has 33 heavy (non-hydrogen) atoms. The fraction of sp³-hybridized carbons (Fsp3) is 0.444. The summed E-state index contributed by atoms with van der Waals surface area (Å²) >= 11 is 0.